The molecule has 0 spiro atoms. The highest BCUT2D eigenvalue weighted by atomic mass is 16.2. The third-order valence-corrected chi connectivity index (χ3v) is 5.42. The van der Waals surface area contributed by atoms with Gasteiger partial charge in [-0.2, -0.15) is 0 Å². The minimum absolute atomic E-state index is 0.0589. The molecule has 1 fully saturated rings. The van der Waals surface area contributed by atoms with Crippen molar-refractivity contribution >= 4 is 29.1 Å². The second kappa shape index (κ2) is 7.46. The number of carbonyl (C=O) groups is 3. The number of imide groups is 1. The normalized spacial score (nSPS) is 21.6. The lowest BCUT2D eigenvalue weighted by molar-refractivity contribution is -0.141. The third-order valence-electron chi connectivity index (χ3n) is 5.42. The summed E-state index contributed by atoms with van der Waals surface area (Å²) in [5.41, 5.74) is 2.90. The molecule has 0 aromatic heterocycles. The lowest BCUT2D eigenvalue weighted by Gasteiger charge is -2.40. The lowest BCUT2D eigenvalue weighted by Crippen LogP contribution is -2.49. The van der Waals surface area contributed by atoms with Crippen LogP contribution < -0.4 is 10.2 Å². The van der Waals surface area contributed by atoms with Crippen LogP contribution in [0.15, 0.2) is 54.6 Å². The van der Waals surface area contributed by atoms with Gasteiger partial charge in [-0.15, -0.1) is 0 Å². The zero-order chi connectivity index (χ0) is 19.7. The van der Waals surface area contributed by atoms with E-state index in [4.69, 9.17) is 0 Å². The molecule has 2 unspecified atom stereocenters. The number of benzene rings is 2. The van der Waals surface area contributed by atoms with E-state index in [-0.39, 0.29) is 49.2 Å². The van der Waals surface area contributed by atoms with Gasteiger partial charge in [0, 0.05) is 30.3 Å². The number of hydrogen-bond acceptors (Lipinski definition) is 4. The molecule has 3 amide bonds. The van der Waals surface area contributed by atoms with E-state index < -0.39 is 0 Å². The minimum Gasteiger partial charge on any atom is -0.378 e. The zero-order valence-corrected chi connectivity index (χ0v) is 15.8. The summed E-state index contributed by atoms with van der Waals surface area (Å²) in [6, 6.07) is 17.8. The van der Waals surface area contributed by atoms with Gasteiger partial charge in [-0.3, -0.25) is 19.3 Å². The van der Waals surface area contributed by atoms with Crippen LogP contribution in [-0.4, -0.2) is 35.2 Å². The van der Waals surface area contributed by atoms with Crippen molar-refractivity contribution in [3.63, 3.8) is 0 Å². The summed E-state index contributed by atoms with van der Waals surface area (Å²) in [6.45, 7) is 1.81. The molecule has 2 aliphatic rings. The maximum Gasteiger partial charge on any atom is 0.247 e. The Morgan fingerprint density at radius 3 is 2.36 bits per heavy atom. The predicted molar refractivity (Wildman–Crippen MR) is 107 cm³/mol. The summed E-state index contributed by atoms with van der Waals surface area (Å²) in [5.74, 6) is -0.749. The molecule has 0 bridgehead atoms. The zero-order valence-electron chi connectivity index (χ0n) is 15.8. The quantitative estimate of drug-likeness (QED) is 0.831. The van der Waals surface area contributed by atoms with Gasteiger partial charge in [-0.1, -0.05) is 36.4 Å². The van der Waals surface area contributed by atoms with Crippen molar-refractivity contribution in [3.05, 3.63) is 60.2 Å². The van der Waals surface area contributed by atoms with Gasteiger partial charge in [0.15, 0.2) is 0 Å². The second-order valence-corrected chi connectivity index (χ2v) is 7.34. The van der Waals surface area contributed by atoms with Gasteiger partial charge in [0.1, 0.15) is 6.54 Å². The number of rotatable bonds is 4. The summed E-state index contributed by atoms with van der Waals surface area (Å²) in [7, 11) is 0. The Kier molecular flexibility index (Phi) is 4.86. The molecule has 1 N–H and O–H groups in total. The fourth-order valence-corrected chi connectivity index (χ4v) is 4.08. The molecule has 2 heterocycles. The largest absolute Gasteiger partial charge is 0.378 e. The molecule has 1 saturated heterocycles. The average Bonchev–Trinajstić information content (AvgIpc) is 3.01. The molecule has 0 radical (unpaired) electrons. The smallest absolute Gasteiger partial charge is 0.247 e. The first-order valence-corrected chi connectivity index (χ1v) is 9.60. The molecular formula is C22H23N3O3. The maximum absolute atomic E-state index is 13.0. The Balaban J connectivity index is 1.60. The van der Waals surface area contributed by atoms with Gasteiger partial charge in [-0.05, 0) is 37.1 Å². The van der Waals surface area contributed by atoms with E-state index in [2.05, 4.69) is 5.32 Å². The first-order chi connectivity index (χ1) is 13.5. The van der Waals surface area contributed by atoms with E-state index in [1.165, 1.54) is 0 Å². The molecule has 2 aliphatic heterocycles. The summed E-state index contributed by atoms with van der Waals surface area (Å²) in [4.78, 5) is 39.7. The molecule has 144 valence electrons. The van der Waals surface area contributed by atoms with Crippen molar-refractivity contribution in [1.82, 2.24) is 4.90 Å². The number of fused-ring (bicyclic) bond motifs is 1. The van der Waals surface area contributed by atoms with E-state index in [9.17, 15) is 14.4 Å². The van der Waals surface area contributed by atoms with Crippen molar-refractivity contribution < 1.29 is 14.4 Å². The molecule has 6 heteroatoms. The summed E-state index contributed by atoms with van der Waals surface area (Å²) >= 11 is 0. The lowest BCUT2D eigenvalue weighted by atomic mass is 9.91. The number of hydrogen-bond donors (Lipinski definition) is 1. The standard InChI is InChI=1S/C22H23N3O3/c1-15-13-18(23-16-7-3-2-4-8-16)17-9-5-6-10-19(17)25(15)22(28)14-24-20(26)11-12-21(24)27/h2-10,15,18,23H,11-14H2,1H3. The van der Waals surface area contributed by atoms with Gasteiger partial charge in [0.25, 0.3) is 0 Å². The van der Waals surface area contributed by atoms with Crippen LogP contribution in [-0.2, 0) is 14.4 Å². The fraction of sp³-hybridized carbons (Fsp3) is 0.318. The van der Waals surface area contributed by atoms with Crippen LogP contribution in [0.25, 0.3) is 0 Å². The Labute approximate surface area is 164 Å². The van der Waals surface area contributed by atoms with Crippen LogP contribution in [0.1, 0.15) is 37.8 Å². The Hall–Kier alpha value is -3.15. The molecule has 0 saturated carbocycles. The van der Waals surface area contributed by atoms with E-state index in [0.717, 1.165) is 28.3 Å². The summed E-state index contributed by atoms with van der Waals surface area (Å²) in [5, 5.41) is 3.56. The number of nitrogens with one attached hydrogen (secondary N) is 1. The van der Waals surface area contributed by atoms with Crippen LogP contribution >= 0.6 is 0 Å². The summed E-state index contributed by atoms with van der Waals surface area (Å²) < 4.78 is 0. The maximum atomic E-state index is 13.0. The number of likely N-dealkylation sites (tertiary alicyclic amines) is 1. The molecule has 28 heavy (non-hydrogen) atoms. The number of carbonyl (C=O) groups excluding carboxylic acids is 3. The summed E-state index contributed by atoms with van der Waals surface area (Å²) in [6.07, 6.45) is 1.13. The number of para-hydroxylation sites is 2. The van der Waals surface area contributed by atoms with Crippen molar-refractivity contribution in [2.24, 2.45) is 0 Å². The van der Waals surface area contributed by atoms with Crippen molar-refractivity contribution in [3.8, 4) is 0 Å². The Morgan fingerprint density at radius 1 is 1.00 bits per heavy atom. The van der Waals surface area contributed by atoms with Crippen LogP contribution in [0.4, 0.5) is 11.4 Å². The fourth-order valence-electron chi connectivity index (χ4n) is 4.08. The molecule has 0 aliphatic carbocycles. The van der Waals surface area contributed by atoms with Gasteiger partial charge in [0.2, 0.25) is 17.7 Å². The molecular weight excluding hydrogens is 354 g/mol. The SMILES string of the molecule is CC1CC(Nc2ccccc2)c2ccccc2N1C(=O)CN1C(=O)CCC1=O. The van der Waals surface area contributed by atoms with Crippen molar-refractivity contribution in [2.75, 3.05) is 16.8 Å². The van der Waals surface area contributed by atoms with Crippen LogP contribution in [0.3, 0.4) is 0 Å². The van der Waals surface area contributed by atoms with Gasteiger partial charge in [-0.25, -0.2) is 0 Å². The molecule has 2 atom stereocenters. The second-order valence-electron chi connectivity index (χ2n) is 7.34. The number of amides is 3. The van der Waals surface area contributed by atoms with E-state index >= 15 is 0 Å². The first-order valence-electron chi connectivity index (χ1n) is 9.60. The molecule has 4 rings (SSSR count). The monoisotopic (exact) mass is 377 g/mol. The van der Waals surface area contributed by atoms with Gasteiger partial charge >= 0.3 is 0 Å². The number of anilines is 2. The predicted octanol–water partition coefficient (Wildman–Crippen LogP) is 3.11. The van der Waals surface area contributed by atoms with Gasteiger partial charge in [0.05, 0.1) is 6.04 Å². The Bertz CT molecular complexity index is 896. The molecule has 2 aromatic rings. The van der Waals surface area contributed by atoms with E-state index in [1.807, 2.05) is 61.5 Å². The highest BCUT2D eigenvalue weighted by Gasteiger charge is 2.37. The van der Waals surface area contributed by atoms with Crippen LogP contribution in [0, 0.1) is 0 Å². The van der Waals surface area contributed by atoms with E-state index in [0.29, 0.717) is 0 Å². The van der Waals surface area contributed by atoms with Crippen LogP contribution in [0.5, 0.6) is 0 Å². The van der Waals surface area contributed by atoms with Crippen molar-refractivity contribution in [2.45, 2.75) is 38.3 Å². The third kappa shape index (κ3) is 3.38. The highest BCUT2D eigenvalue weighted by Crippen LogP contribution is 2.39. The van der Waals surface area contributed by atoms with Crippen LogP contribution in [0.2, 0.25) is 0 Å². The topological polar surface area (TPSA) is 69.7 Å². The molecule has 2 aromatic carbocycles. The minimum atomic E-state index is -0.264. The first kappa shape index (κ1) is 18.2. The number of nitrogens with zero attached hydrogens (tertiary/aromatic N) is 2. The molecule has 6 nitrogen and oxygen atoms in total. The average molecular weight is 377 g/mol. The Morgan fingerprint density at radius 2 is 1.64 bits per heavy atom. The highest BCUT2D eigenvalue weighted by molar-refractivity contribution is 6.07. The van der Waals surface area contributed by atoms with Gasteiger partial charge < -0.3 is 10.2 Å². The van der Waals surface area contributed by atoms with Crippen molar-refractivity contribution in [1.29, 1.82) is 0 Å². The van der Waals surface area contributed by atoms with E-state index in [1.54, 1.807) is 4.90 Å².